The third kappa shape index (κ3) is 13.7. The van der Waals surface area contributed by atoms with Crippen molar-refractivity contribution in [3.63, 3.8) is 0 Å². The summed E-state index contributed by atoms with van der Waals surface area (Å²) in [5.74, 6) is 0.759. The minimum absolute atomic E-state index is 0.181. The Morgan fingerprint density at radius 1 is 0.833 bits per heavy atom. The Morgan fingerprint density at radius 2 is 1.33 bits per heavy atom. The highest BCUT2D eigenvalue weighted by molar-refractivity contribution is 7.80. The summed E-state index contributed by atoms with van der Waals surface area (Å²) in [6.07, 6.45) is 0.0771. The Morgan fingerprint density at radius 3 is 1.75 bits per heavy atom. The molecule has 0 radical (unpaired) electrons. The van der Waals surface area contributed by atoms with Crippen molar-refractivity contribution in [2.75, 3.05) is 37.0 Å². The number of carbonyl (C=O) groups excluding carboxylic acids is 3. The van der Waals surface area contributed by atoms with Crippen molar-refractivity contribution < 1.29 is 28.6 Å². The number of thiol groups is 3. The maximum Gasteiger partial charge on any atom is 0.407 e. The average Bonchev–Trinajstić information content (AvgIpc) is 2.58. The van der Waals surface area contributed by atoms with Crippen LogP contribution < -0.4 is 5.32 Å². The molecule has 0 heterocycles. The van der Waals surface area contributed by atoms with Crippen LogP contribution in [0, 0.1) is 0 Å². The summed E-state index contributed by atoms with van der Waals surface area (Å²) < 4.78 is 15.2. The molecule has 0 aromatic heterocycles. The SMILES string of the molecule is O=C(CCCS)OCC(COC(=O)CCCS)OC(=O)NCCS. The fourth-order valence-electron chi connectivity index (χ4n) is 1.43. The molecule has 0 fully saturated rings. The van der Waals surface area contributed by atoms with Crippen molar-refractivity contribution in [3.8, 4) is 0 Å². The number of carbonyl (C=O) groups is 3. The molecule has 7 nitrogen and oxygen atoms in total. The fraction of sp³-hybridized carbons (Fsp3) is 0.786. The lowest BCUT2D eigenvalue weighted by molar-refractivity contribution is -0.152. The summed E-state index contributed by atoms with van der Waals surface area (Å²) in [5.41, 5.74) is 0. The van der Waals surface area contributed by atoms with E-state index >= 15 is 0 Å². The number of hydrogen-bond donors (Lipinski definition) is 4. The van der Waals surface area contributed by atoms with Crippen LogP contribution in [0.2, 0.25) is 0 Å². The molecule has 140 valence electrons. The maximum atomic E-state index is 11.6. The normalized spacial score (nSPS) is 10.3. The molecule has 0 rings (SSSR count). The van der Waals surface area contributed by atoms with Gasteiger partial charge in [-0.1, -0.05) is 0 Å². The zero-order valence-electron chi connectivity index (χ0n) is 13.4. The average molecular weight is 400 g/mol. The molecule has 0 spiro atoms. The summed E-state index contributed by atoms with van der Waals surface area (Å²) >= 11 is 12.0. The second-order valence-electron chi connectivity index (χ2n) is 4.70. The summed E-state index contributed by atoms with van der Waals surface area (Å²) in [7, 11) is 0. The lowest BCUT2D eigenvalue weighted by Gasteiger charge is -2.18. The molecule has 0 unspecified atom stereocenters. The Kier molecular flexibility index (Phi) is 15.3. The molecule has 1 amide bonds. The lowest BCUT2D eigenvalue weighted by Crippen LogP contribution is -2.36. The molecule has 0 aliphatic carbocycles. The zero-order chi connectivity index (χ0) is 18.2. The molecule has 0 bridgehead atoms. The van der Waals surface area contributed by atoms with Gasteiger partial charge in [0.15, 0.2) is 6.10 Å². The second-order valence-corrected chi connectivity index (χ2v) is 6.04. The van der Waals surface area contributed by atoms with Crippen LogP contribution in [-0.2, 0) is 23.8 Å². The molecule has 0 aliphatic heterocycles. The number of esters is 2. The third-order valence-corrected chi connectivity index (χ3v) is 3.45. The smallest absolute Gasteiger partial charge is 0.407 e. The number of hydrogen-bond acceptors (Lipinski definition) is 9. The van der Waals surface area contributed by atoms with E-state index in [9.17, 15) is 14.4 Å². The number of alkyl carbamates (subject to hydrolysis) is 1. The fourth-order valence-corrected chi connectivity index (χ4v) is 1.86. The highest BCUT2D eigenvalue weighted by Gasteiger charge is 2.19. The Balaban J connectivity index is 4.34. The zero-order valence-corrected chi connectivity index (χ0v) is 16.1. The van der Waals surface area contributed by atoms with E-state index in [1.165, 1.54) is 0 Å². The van der Waals surface area contributed by atoms with Gasteiger partial charge in [-0.05, 0) is 24.3 Å². The molecule has 0 aromatic rings. The molecule has 0 saturated heterocycles. The molecule has 0 saturated carbocycles. The summed E-state index contributed by atoms with van der Waals surface area (Å²) in [4.78, 5) is 34.6. The first-order chi connectivity index (χ1) is 11.5. The van der Waals surface area contributed by atoms with Crippen LogP contribution in [0.4, 0.5) is 4.79 Å². The van der Waals surface area contributed by atoms with Gasteiger partial charge in [-0.15, -0.1) is 0 Å². The van der Waals surface area contributed by atoms with Gasteiger partial charge >= 0.3 is 18.0 Å². The third-order valence-electron chi connectivity index (χ3n) is 2.59. The molecule has 0 atom stereocenters. The number of nitrogens with one attached hydrogen (secondary N) is 1. The van der Waals surface area contributed by atoms with Gasteiger partial charge in [0.2, 0.25) is 0 Å². The van der Waals surface area contributed by atoms with Crippen molar-refractivity contribution in [3.05, 3.63) is 0 Å². The quantitative estimate of drug-likeness (QED) is 0.213. The van der Waals surface area contributed by atoms with Crippen molar-refractivity contribution in [2.45, 2.75) is 31.8 Å². The first kappa shape index (κ1) is 23.3. The van der Waals surface area contributed by atoms with Crippen LogP contribution in [0.5, 0.6) is 0 Å². The van der Waals surface area contributed by atoms with Gasteiger partial charge < -0.3 is 19.5 Å². The van der Waals surface area contributed by atoms with Gasteiger partial charge in [0.1, 0.15) is 13.2 Å². The van der Waals surface area contributed by atoms with E-state index in [0.29, 0.717) is 36.6 Å². The van der Waals surface area contributed by atoms with Crippen LogP contribution in [0.1, 0.15) is 25.7 Å². The van der Waals surface area contributed by atoms with Gasteiger partial charge in [-0.2, -0.15) is 37.9 Å². The molecule has 24 heavy (non-hydrogen) atoms. The van der Waals surface area contributed by atoms with Crippen molar-refractivity contribution in [1.82, 2.24) is 5.32 Å². The van der Waals surface area contributed by atoms with E-state index < -0.39 is 24.1 Å². The Labute approximate surface area is 158 Å². The van der Waals surface area contributed by atoms with Gasteiger partial charge in [0.25, 0.3) is 0 Å². The van der Waals surface area contributed by atoms with E-state index in [-0.39, 0.29) is 26.1 Å². The second kappa shape index (κ2) is 15.8. The van der Waals surface area contributed by atoms with Crippen LogP contribution >= 0.6 is 37.9 Å². The maximum absolute atomic E-state index is 11.6. The predicted molar refractivity (Wildman–Crippen MR) is 100 cm³/mol. The first-order valence-electron chi connectivity index (χ1n) is 7.61. The van der Waals surface area contributed by atoms with Gasteiger partial charge in [0.05, 0.1) is 0 Å². The summed E-state index contributed by atoms with van der Waals surface area (Å²) in [6, 6.07) is 0. The Hall–Kier alpha value is -0.740. The van der Waals surface area contributed by atoms with Crippen molar-refractivity contribution in [2.24, 2.45) is 0 Å². The van der Waals surface area contributed by atoms with Crippen molar-refractivity contribution >= 4 is 55.9 Å². The number of amides is 1. The molecule has 0 aromatic carbocycles. The van der Waals surface area contributed by atoms with Gasteiger partial charge in [-0.3, -0.25) is 9.59 Å². The number of ether oxygens (including phenoxy) is 3. The summed E-state index contributed by atoms with van der Waals surface area (Å²) in [6.45, 7) is -0.0305. The molecular formula is C14H25NO6S3. The minimum atomic E-state index is -0.871. The van der Waals surface area contributed by atoms with Gasteiger partial charge in [-0.25, -0.2) is 4.79 Å². The number of rotatable bonds is 13. The van der Waals surface area contributed by atoms with E-state index in [4.69, 9.17) is 14.2 Å². The monoisotopic (exact) mass is 399 g/mol. The van der Waals surface area contributed by atoms with E-state index in [1.54, 1.807) is 0 Å². The highest BCUT2D eigenvalue weighted by Crippen LogP contribution is 2.02. The van der Waals surface area contributed by atoms with Crippen LogP contribution in [0.3, 0.4) is 0 Å². The van der Waals surface area contributed by atoms with Crippen LogP contribution in [0.15, 0.2) is 0 Å². The van der Waals surface area contributed by atoms with E-state index in [2.05, 4.69) is 43.2 Å². The Bertz CT molecular complexity index is 360. The lowest BCUT2D eigenvalue weighted by atomic mass is 10.3. The largest absolute Gasteiger partial charge is 0.462 e. The minimum Gasteiger partial charge on any atom is -0.462 e. The van der Waals surface area contributed by atoms with Crippen molar-refractivity contribution in [1.29, 1.82) is 0 Å². The molecular weight excluding hydrogens is 374 g/mol. The van der Waals surface area contributed by atoms with E-state index in [0.717, 1.165) is 0 Å². The topological polar surface area (TPSA) is 90.9 Å². The van der Waals surface area contributed by atoms with Crippen LogP contribution in [-0.4, -0.2) is 61.2 Å². The summed E-state index contributed by atoms with van der Waals surface area (Å²) in [5, 5.41) is 2.47. The first-order valence-corrected chi connectivity index (χ1v) is 9.51. The highest BCUT2D eigenvalue weighted by atomic mass is 32.1. The standard InChI is InChI=1S/C14H25NO6S3/c16-12(3-1-6-22)19-9-11(21-14(18)15-5-8-24)10-20-13(17)4-2-7-23/h11,22-24H,1-10H2,(H,15,18). The molecule has 1 N–H and O–H groups in total. The van der Waals surface area contributed by atoms with Crippen LogP contribution in [0.25, 0.3) is 0 Å². The van der Waals surface area contributed by atoms with Gasteiger partial charge in [0, 0.05) is 25.1 Å². The molecule has 10 heteroatoms. The molecule has 0 aliphatic rings. The van der Waals surface area contributed by atoms with E-state index in [1.807, 2.05) is 0 Å². The predicted octanol–water partition coefficient (Wildman–Crippen LogP) is 1.52.